The molecule has 12 nitrogen and oxygen atoms in total. The average Bonchev–Trinajstić information content (AvgIpc) is 2.71. The van der Waals surface area contributed by atoms with E-state index in [1.54, 1.807) is 0 Å². The summed E-state index contributed by atoms with van der Waals surface area (Å²) >= 11 is 0. The van der Waals surface area contributed by atoms with Crippen LogP contribution in [-0.2, 0) is 110 Å². The van der Waals surface area contributed by atoms with Crippen LogP contribution in [0.4, 0.5) is 0 Å². The summed E-state index contributed by atoms with van der Waals surface area (Å²) in [5.74, 6) is -3.25. The molecule has 0 aliphatic carbocycles. The lowest BCUT2D eigenvalue weighted by molar-refractivity contribution is -0.477. The van der Waals surface area contributed by atoms with E-state index >= 15 is 0 Å². The van der Waals surface area contributed by atoms with Crippen molar-refractivity contribution >= 4 is 0 Å². The van der Waals surface area contributed by atoms with Crippen molar-refractivity contribution in [3.05, 3.63) is 287 Å². The van der Waals surface area contributed by atoms with E-state index in [2.05, 4.69) is 0 Å². The Bertz CT molecular complexity index is 2840. The highest BCUT2D eigenvalue weighted by Crippen LogP contribution is 2.46. The molecule has 3 fully saturated rings. The molecule has 11 rings (SSSR count). The Morgan fingerprint density at radius 2 is 0.488 bits per heavy atom. The highest BCUT2D eigenvalue weighted by atomic mass is 16.8. The summed E-state index contributed by atoms with van der Waals surface area (Å²) in [5, 5.41) is 0. The van der Waals surface area contributed by atoms with Gasteiger partial charge in [0.25, 0.3) is 0 Å². The summed E-state index contributed by atoms with van der Waals surface area (Å²) in [5.41, 5.74) is 7.86. The fourth-order valence-electron chi connectivity index (χ4n) is 10.8. The summed E-state index contributed by atoms with van der Waals surface area (Å²) in [4.78, 5) is 0. The molecule has 0 radical (unpaired) electrons. The topological polar surface area (TPSA) is 111 Å². The lowest BCUT2D eigenvalue weighted by Crippen LogP contribution is -2.76. The highest BCUT2D eigenvalue weighted by Gasteiger charge is 2.66. The molecule has 82 heavy (non-hydrogen) atoms. The summed E-state index contributed by atoms with van der Waals surface area (Å²) in [6.45, 7) is 1.97. The fourth-order valence-corrected chi connectivity index (χ4v) is 10.8. The van der Waals surface area contributed by atoms with Gasteiger partial charge in [-0.15, -0.1) is 0 Å². The van der Waals surface area contributed by atoms with Crippen LogP contribution >= 0.6 is 0 Å². The predicted molar refractivity (Wildman–Crippen MR) is 309 cm³/mol. The molecule has 0 N–H and O–H groups in total. The molecular formula is C70H72O12. The monoisotopic (exact) mass is 1100 g/mol. The van der Waals surface area contributed by atoms with Crippen LogP contribution in [0.15, 0.2) is 243 Å². The summed E-state index contributed by atoms with van der Waals surface area (Å²) in [6, 6.07) is 80.6. The van der Waals surface area contributed by atoms with E-state index in [9.17, 15) is 0 Å². The van der Waals surface area contributed by atoms with Crippen molar-refractivity contribution in [1.29, 1.82) is 0 Å². The lowest BCUT2D eigenvalue weighted by Gasteiger charge is -2.58. The Balaban J connectivity index is 0.982. The van der Waals surface area contributed by atoms with Gasteiger partial charge in [0, 0.05) is 0 Å². The Hall–Kier alpha value is -6.72. The van der Waals surface area contributed by atoms with Gasteiger partial charge >= 0.3 is 0 Å². The molecule has 3 aliphatic heterocycles. The molecule has 8 aromatic rings. The third-order valence-electron chi connectivity index (χ3n) is 15.1. The Morgan fingerprint density at radius 1 is 0.268 bits per heavy atom. The smallest absolute Gasteiger partial charge is 0.222 e. The molecule has 0 saturated carbocycles. The quantitative estimate of drug-likeness (QED) is 0.0515. The molecule has 424 valence electrons. The molecule has 10 atom stereocenters. The maximum Gasteiger partial charge on any atom is 0.222 e. The Morgan fingerprint density at radius 3 is 0.732 bits per heavy atom. The Kier molecular flexibility index (Phi) is 20.2. The van der Waals surface area contributed by atoms with E-state index < -0.39 is 60.4 Å². The second kappa shape index (κ2) is 29.0. The number of benzene rings is 8. The van der Waals surface area contributed by atoms with Crippen LogP contribution in [0.25, 0.3) is 0 Å². The van der Waals surface area contributed by atoms with E-state index in [1.165, 1.54) is 0 Å². The van der Waals surface area contributed by atoms with Gasteiger partial charge in [-0.1, -0.05) is 243 Å². The minimum Gasteiger partial charge on any atom is -0.374 e. The van der Waals surface area contributed by atoms with Gasteiger partial charge in [-0.05, 0) is 44.5 Å². The van der Waals surface area contributed by atoms with Crippen molar-refractivity contribution in [2.24, 2.45) is 0 Å². The molecule has 12 heteroatoms. The minimum absolute atomic E-state index is 0.122. The zero-order valence-corrected chi connectivity index (χ0v) is 46.1. The van der Waals surface area contributed by atoms with E-state index in [1.807, 2.05) is 243 Å². The molecular weight excluding hydrogens is 1030 g/mol. The number of rotatable bonds is 26. The highest BCUT2D eigenvalue weighted by molar-refractivity contribution is 5.21. The van der Waals surface area contributed by atoms with Crippen LogP contribution in [0.2, 0.25) is 0 Å². The van der Waals surface area contributed by atoms with Gasteiger partial charge in [-0.25, -0.2) is 0 Å². The van der Waals surface area contributed by atoms with Crippen molar-refractivity contribution in [1.82, 2.24) is 0 Å². The van der Waals surface area contributed by atoms with Crippen LogP contribution in [0.5, 0.6) is 0 Å². The van der Waals surface area contributed by atoms with E-state index in [0.717, 1.165) is 44.5 Å². The lowest BCUT2D eigenvalue weighted by atomic mass is 9.88. The summed E-state index contributed by atoms with van der Waals surface area (Å²) in [6.07, 6.45) is -6.41. The van der Waals surface area contributed by atoms with Gasteiger partial charge in [0.2, 0.25) is 11.6 Å². The molecule has 0 bridgehead atoms. The first kappa shape index (κ1) is 57.1. The minimum atomic E-state index is -1.62. The van der Waals surface area contributed by atoms with Gasteiger partial charge in [0.1, 0.15) is 62.0 Å². The second-order valence-electron chi connectivity index (χ2n) is 21.0. The van der Waals surface area contributed by atoms with Crippen LogP contribution in [0.1, 0.15) is 44.5 Å². The normalized spacial score (nSPS) is 25.3. The molecule has 3 aliphatic rings. The predicted octanol–water partition coefficient (Wildman–Crippen LogP) is 12.2. The fraction of sp³-hybridized carbons (Fsp3) is 0.314. The second-order valence-corrected chi connectivity index (χ2v) is 21.0. The number of hydrogen-bond donors (Lipinski definition) is 0. The van der Waals surface area contributed by atoms with Gasteiger partial charge in [0.05, 0.1) is 66.1 Å². The molecule has 3 heterocycles. The zero-order valence-electron chi connectivity index (χ0n) is 46.1. The van der Waals surface area contributed by atoms with Gasteiger partial charge in [-0.2, -0.15) is 0 Å². The van der Waals surface area contributed by atoms with E-state index in [-0.39, 0.29) is 66.1 Å². The molecule has 0 aromatic heterocycles. The third kappa shape index (κ3) is 15.1. The largest absolute Gasteiger partial charge is 0.374 e. The average molecular weight is 1110 g/mol. The third-order valence-corrected chi connectivity index (χ3v) is 15.1. The van der Waals surface area contributed by atoms with E-state index in [4.69, 9.17) is 56.8 Å². The molecule has 8 aromatic carbocycles. The van der Waals surface area contributed by atoms with Gasteiger partial charge < -0.3 is 56.8 Å². The van der Waals surface area contributed by atoms with Gasteiger partial charge in [0.15, 0.2) is 0 Å². The van der Waals surface area contributed by atoms with Crippen molar-refractivity contribution in [2.45, 2.75) is 113 Å². The Labute approximate surface area is 481 Å². The maximum atomic E-state index is 7.46. The number of hydrogen-bond acceptors (Lipinski definition) is 12. The SMILES string of the molecule is c1ccc(COC[C@H]2O[C@@]3(CO[C@@]4(CO3)O[C@H](COCc3ccccc3)[C@@H](OCc3ccccc3)[C@H](OCc3ccccc3)[C@H]4OCc3ccccc3)[C@H](OCc3ccccc3)[C@@H](OCc3ccccc3)[C@@H]2OCc2ccccc2)cc1. The first-order valence-electron chi connectivity index (χ1n) is 28.4. The van der Waals surface area contributed by atoms with Crippen molar-refractivity contribution in [2.75, 3.05) is 26.4 Å². The van der Waals surface area contributed by atoms with Crippen molar-refractivity contribution in [3.8, 4) is 0 Å². The van der Waals surface area contributed by atoms with E-state index in [0.29, 0.717) is 13.2 Å². The summed E-state index contributed by atoms with van der Waals surface area (Å²) in [7, 11) is 0. The first-order chi connectivity index (χ1) is 40.6. The number of ether oxygens (including phenoxy) is 12. The summed E-state index contributed by atoms with van der Waals surface area (Å²) < 4.78 is 85.8. The van der Waals surface area contributed by atoms with Gasteiger partial charge in [-0.3, -0.25) is 0 Å². The van der Waals surface area contributed by atoms with Crippen LogP contribution in [0, 0.1) is 0 Å². The molecule has 2 spiro atoms. The van der Waals surface area contributed by atoms with Crippen LogP contribution in [-0.4, -0.2) is 86.8 Å². The zero-order chi connectivity index (χ0) is 55.5. The van der Waals surface area contributed by atoms with Crippen LogP contribution in [0.3, 0.4) is 0 Å². The van der Waals surface area contributed by atoms with Crippen molar-refractivity contribution in [3.63, 3.8) is 0 Å². The van der Waals surface area contributed by atoms with Crippen LogP contribution < -0.4 is 0 Å². The standard InChI is InChI=1S/C70H72O12/c1-9-25-53(26-10-1)41-71-49-61-63(73-43-55-29-13-3-14-30-55)65(75-45-57-33-17-5-18-34-57)67(77-47-59-37-21-7-22-38-59)69(81-61)51-80-70(52-79-69)68(78-48-60-39-23-8-24-40-60)66(76-46-58-35-19-6-20-36-58)64(74-44-56-31-15-4-16-32-56)62(82-70)50-72-42-54-27-11-2-12-28-54/h1-40,61-68H,41-52H2/t61-,62-,63-,64-,65+,66+,67-,68-,69+,70+/m1/s1. The van der Waals surface area contributed by atoms with Crippen molar-refractivity contribution < 1.29 is 56.8 Å². The molecule has 0 amide bonds. The first-order valence-corrected chi connectivity index (χ1v) is 28.4. The molecule has 3 saturated heterocycles. The maximum absolute atomic E-state index is 7.46. The molecule has 0 unspecified atom stereocenters.